The molecule has 3 N–H and O–H groups in total. The lowest BCUT2D eigenvalue weighted by atomic mass is 10.1. The summed E-state index contributed by atoms with van der Waals surface area (Å²) in [7, 11) is 0. The third kappa shape index (κ3) is 4.66. The predicted octanol–water partition coefficient (Wildman–Crippen LogP) is 2.36. The standard InChI is InChI=1S/C18H20N2O3/c1-13-5-2-3-6-16(13)18(23)20-15-9-7-14(8-10-15)17(22)19-11-4-12-21/h2-3,5-10,21H,4,11-12H2,1H3,(H,19,22)(H,20,23). The van der Waals surface area contributed by atoms with Gasteiger partial charge in [0.25, 0.3) is 11.8 Å². The molecular formula is C18H20N2O3. The lowest BCUT2D eigenvalue weighted by Crippen LogP contribution is -2.25. The van der Waals surface area contributed by atoms with Gasteiger partial charge in [-0.3, -0.25) is 9.59 Å². The van der Waals surface area contributed by atoms with Gasteiger partial charge in [-0.15, -0.1) is 0 Å². The Labute approximate surface area is 135 Å². The molecule has 2 aromatic carbocycles. The van der Waals surface area contributed by atoms with E-state index in [-0.39, 0.29) is 18.4 Å². The summed E-state index contributed by atoms with van der Waals surface area (Å²) < 4.78 is 0. The molecule has 2 amide bonds. The van der Waals surface area contributed by atoms with Gasteiger partial charge in [0, 0.05) is 30.0 Å². The number of carbonyl (C=O) groups excluding carboxylic acids is 2. The van der Waals surface area contributed by atoms with Gasteiger partial charge in [0.1, 0.15) is 0 Å². The van der Waals surface area contributed by atoms with E-state index in [1.165, 1.54) is 0 Å². The fourth-order valence-corrected chi connectivity index (χ4v) is 2.11. The normalized spacial score (nSPS) is 10.2. The number of aryl methyl sites for hydroxylation is 1. The number of nitrogens with one attached hydrogen (secondary N) is 2. The van der Waals surface area contributed by atoms with Crippen molar-refractivity contribution in [1.29, 1.82) is 0 Å². The highest BCUT2D eigenvalue weighted by Gasteiger charge is 2.09. The zero-order chi connectivity index (χ0) is 16.7. The molecule has 0 aromatic heterocycles. The van der Waals surface area contributed by atoms with Gasteiger partial charge in [0.2, 0.25) is 0 Å². The van der Waals surface area contributed by atoms with Gasteiger partial charge in [-0.05, 0) is 49.2 Å². The first kappa shape index (κ1) is 16.7. The quantitative estimate of drug-likeness (QED) is 0.717. The van der Waals surface area contributed by atoms with Gasteiger partial charge in [0.15, 0.2) is 0 Å². The van der Waals surface area contributed by atoms with Crippen molar-refractivity contribution in [1.82, 2.24) is 5.32 Å². The lowest BCUT2D eigenvalue weighted by Gasteiger charge is -2.08. The average molecular weight is 312 g/mol. The van der Waals surface area contributed by atoms with E-state index >= 15 is 0 Å². The smallest absolute Gasteiger partial charge is 0.255 e. The van der Waals surface area contributed by atoms with Crippen molar-refractivity contribution in [2.75, 3.05) is 18.5 Å². The zero-order valence-electron chi connectivity index (χ0n) is 13.0. The second-order valence-electron chi connectivity index (χ2n) is 5.18. The summed E-state index contributed by atoms with van der Waals surface area (Å²) in [6, 6.07) is 14.1. The number of hydrogen-bond acceptors (Lipinski definition) is 3. The first-order valence-corrected chi connectivity index (χ1v) is 7.48. The van der Waals surface area contributed by atoms with Gasteiger partial charge in [-0.25, -0.2) is 0 Å². The molecule has 5 nitrogen and oxygen atoms in total. The van der Waals surface area contributed by atoms with E-state index in [1.807, 2.05) is 25.1 Å². The molecule has 5 heteroatoms. The van der Waals surface area contributed by atoms with Gasteiger partial charge >= 0.3 is 0 Å². The second kappa shape index (κ2) is 8.10. The van der Waals surface area contributed by atoms with Gasteiger partial charge in [0.05, 0.1) is 0 Å². The molecule has 0 spiro atoms. The zero-order valence-corrected chi connectivity index (χ0v) is 13.0. The molecule has 0 aliphatic carbocycles. The Morgan fingerprint density at radius 1 is 1.00 bits per heavy atom. The van der Waals surface area contributed by atoms with Crippen LogP contribution in [-0.4, -0.2) is 30.1 Å². The molecule has 0 aliphatic heterocycles. The van der Waals surface area contributed by atoms with Crippen molar-refractivity contribution in [2.45, 2.75) is 13.3 Å². The SMILES string of the molecule is Cc1ccccc1C(=O)Nc1ccc(C(=O)NCCCO)cc1. The van der Waals surface area contributed by atoms with Crippen molar-refractivity contribution in [2.24, 2.45) is 0 Å². The predicted molar refractivity (Wildman–Crippen MR) is 89.6 cm³/mol. The molecule has 0 bridgehead atoms. The molecule has 2 rings (SSSR count). The lowest BCUT2D eigenvalue weighted by molar-refractivity contribution is 0.0950. The summed E-state index contributed by atoms with van der Waals surface area (Å²) in [4.78, 5) is 24.1. The molecule has 0 heterocycles. The summed E-state index contributed by atoms with van der Waals surface area (Å²) in [5.41, 5.74) is 2.67. The molecule has 0 unspecified atom stereocenters. The number of hydrogen-bond donors (Lipinski definition) is 3. The maximum absolute atomic E-state index is 12.2. The number of carbonyl (C=O) groups is 2. The number of aliphatic hydroxyl groups is 1. The van der Waals surface area contributed by atoms with Crippen LogP contribution in [0, 0.1) is 6.92 Å². The van der Waals surface area contributed by atoms with Crippen LogP contribution in [0.25, 0.3) is 0 Å². The molecule has 0 fully saturated rings. The van der Waals surface area contributed by atoms with Crippen molar-refractivity contribution >= 4 is 17.5 Å². The summed E-state index contributed by atoms with van der Waals surface area (Å²) >= 11 is 0. The fourth-order valence-electron chi connectivity index (χ4n) is 2.11. The fraction of sp³-hybridized carbons (Fsp3) is 0.222. The van der Waals surface area contributed by atoms with E-state index in [1.54, 1.807) is 30.3 Å². The largest absolute Gasteiger partial charge is 0.396 e. The minimum absolute atomic E-state index is 0.0458. The average Bonchev–Trinajstić information content (AvgIpc) is 2.56. The molecule has 0 aliphatic rings. The van der Waals surface area contributed by atoms with Gasteiger partial charge in [-0.1, -0.05) is 18.2 Å². The molecule has 0 radical (unpaired) electrons. The minimum Gasteiger partial charge on any atom is -0.396 e. The molecule has 120 valence electrons. The van der Waals surface area contributed by atoms with Crippen LogP contribution in [0.1, 0.15) is 32.7 Å². The van der Waals surface area contributed by atoms with Crippen LogP contribution in [0.5, 0.6) is 0 Å². The van der Waals surface area contributed by atoms with E-state index in [0.717, 1.165) is 5.56 Å². The van der Waals surface area contributed by atoms with Crippen LogP contribution in [0.3, 0.4) is 0 Å². The summed E-state index contributed by atoms with van der Waals surface area (Å²) in [5, 5.41) is 14.2. The van der Waals surface area contributed by atoms with Crippen molar-refractivity contribution in [3.63, 3.8) is 0 Å². The third-order valence-corrected chi connectivity index (χ3v) is 3.42. The summed E-state index contributed by atoms with van der Waals surface area (Å²) in [5.74, 6) is -0.376. The summed E-state index contributed by atoms with van der Waals surface area (Å²) in [6.07, 6.45) is 0.524. The Morgan fingerprint density at radius 3 is 2.35 bits per heavy atom. The number of anilines is 1. The number of aliphatic hydroxyl groups excluding tert-OH is 1. The van der Waals surface area contributed by atoms with Crippen molar-refractivity contribution in [3.05, 3.63) is 65.2 Å². The first-order valence-electron chi connectivity index (χ1n) is 7.48. The molecule has 23 heavy (non-hydrogen) atoms. The Hall–Kier alpha value is -2.66. The number of amides is 2. The highest BCUT2D eigenvalue weighted by molar-refractivity contribution is 6.05. The van der Waals surface area contributed by atoms with E-state index in [9.17, 15) is 9.59 Å². The van der Waals surface area contributed by atoms with Crippen LogP contribution in [0.15, 0.2) is 48.5 Å². The first-order chi connectivity index (χ1) is 11.1. The maximum atomic E-state index is 12.2. The van der Waals surface area contributed by atoms with Crippen LogP contribution >= 0.6 is 0 Å². The van der Waals surface area contributed by atoms with E-state index in [2.05, 4.69) is 10.6 Å². The minimum atomic E-state index is -0.199. The van der Waals surface area contributed by atoms with Gasteiger partial charge in [-0.2, -0.15) is 0 Å². The maximum Gasteiger partial charge on any atom is 0.255 e. The Morgan fingerprint density at radius 2 is 1.70 bits per heavy atom. The summed E-state index contributed by atoms with van der Waals surface area (Å²) in [6.45, 7) is 2.36. The van der Waals surface area contributed by atoms with E-state index in [0.29, 0.717) is 29.8 Å². The van der Waals surface area contributed by atoms with Crippen LogP contribution in [0.2, 0.25) is 0 Å². The van der Waals surface area contributed by atoms with Crippen LogP contribution in [-0.2, 0) is 0 Å². The van der Waals surface area contributed by atoms with Crippen LogP contribution in [0.4, 0.5) is 5.69 Å². The third-order valence-electron chi connectivity index (χ3n) is 3.42. The molecule has 2 aromatic rings. The Kier molecular flexibility index (Phi) is 5.88. The molecule has 0 atom stereocenters. The second-order valence-corrected chi connectivity index (χ2v) is 5.18. The van der Waals surface area contributed by atoms with Crippen molar-refractivity contribution in [3.8, 4) is 0 Å². The molecule has 0 saturated carbocycles. The highest BCUT2D eigenvalue weighted by Crippen LogP contribution is 2.13. The number of rotatable bonds is 6. The monoisotopic (exact) mass is 312 g/mol. The topological polar surface area (TPSA) is 78.4 Å². The van der Waals surface area contributed by atoms with Crippen molar-refractivity contribution < 1.29 is 14.7 Å². The Bertz CT molecular complexity index is 681. The molecule has 0 saturated heterocycles. The van der Waals surface area contributed by atoms with E-state index < -0.39 is 0 Å². The van der Waals surface area contributed by atoms with Crippen LogP contribution < -0.4 is 10.6 Å². The number of benzene rings is 2. The Balaban J connectivity index is 1.99. The highest BCUT2D eigenvalue weighted by atomic mass is 16.3. The van der Waals surface area contributed by atoms with Gasteiger partial charge < -0.3 is 15.7 Å². The molecular weight excluding hydrogens is 292 g/mol. The van der Waals surface area contributed by atoms with E-state index in [4.69, 9.17) is 5.11 Å².